The molecule has 0 saturated carbocycles. The van der Waals surface area contributed by atoms with Gasteiger partial charge in [0.25, 0.3) is 0 Å². The normalized spacial score (nSPS) is 13.4. The molecule has 0 radical (unpaired) electrons. The number of esters is 1. The smallest absolute Gasteiger partial charge is 0.328 e. The molecule has 1 aliphatic heterocycles. The SMILES string of the molecule is COC(=O)C(CCSC)NC(=O)Nc1ccc2c(c1)OCO2. The number of carbonyl (C=O) groups excluding carboxylic acids is 2. The van der Waals surface area contributed by atoms with Crippen molar-refractivity contribution in [2.45, 2.75) is 12.5 Å². The van der Waals surface area contributed by atoms with Crippen molar-refractivity contribution in [3.63, 3.8) is 0 Å². The molecule has 0 aliphatic carbocycles. The average molecular weight is 326 g/mol. The van der Waals surface area contributed by atoms with Gasteiger partial charge in [-0.1, -0.05) is 0 Å². The highest BCUT2D eigenvalue weighted by Crippen LogP contribution is 2.34. The Balaban J connectivity index is 1.94. The van der Waals surface area contributed by atoms with Crippen molar-refractivity contribution in [3.8, 4) is 11.5 Å². The highest BCUT2D eigenvalue weighted by molar-refractivity contribution is 7.98. The summed E-state index contributed by atoms with van der Waals surface area (Å²) in [7, 11) is 1.30. The van der Waals surface area contributed by atoms with Gasteiger partial charge in [0.1, 0.15) is 6.04 Å². The number of thioether (sulfide) groups is 1. The van der Waals surface area contributed by atoms with E-state index in [2.05, 4.69) is 10.6 Å². The first-order valence-corrected chi connectivity index (χ1v) is 8.07. The first-order valence-electron chi connectivity index (χ1n) is 6.68. The number of urea groups is 1. The van der Waals surface area contributed by atoms with Gasteiger partial charge in [0.05, 0.1) is 7.11 Å². The van der Waals surface area contributed by atoms with Gasteiger partial charge in [-0.3, -0.25) is 0 Å². The van der Waals surface area contributed by atoms with E-state index < -0.39 is 18.0 Å². The lowest BCUT2D eigenvalue weighted by Gasteiger charge is -2.16. The summed E-state index contributed by atoms with van der Waals surface area (Å²) in [4.78, 5) is 23.6. The van der Waals surface area contributed by atoms with Crippen LogP contribution in [-0.4, -0.2) is 44.0 Å². The average Bonchev–Trinajstić information content (AvgIpc) is 2.98. The quantitative estimate of drug-likeness (QED) is 0.776. The maximum Gasteiger partial charge on any atom is 0.328 e. The van der Waals surface area contributed by atoms with Crippen LogP contribution in [0.15, 0.2) is 18.2 Å². The molecule has 7 nitrogen and oxygen atoms in total. The summed E-state index contributed by atoms with van der Waals surface area (Å²) in [5.74, 6) is 1.49. The van der Waals surface area contributed by atoms with Crippen LogP contribution >= 0.6 is 11.8 Å². The van der Waals surface area contributed by atoms with Crippen LogP contribution in [-0.2, 0) is 9.53 Å². The lowest BCUT2D eigenvalue weighted by atomic mass is 10.2. The fraction of sp³-hybridized carbons (Fsp3) is 0.429. The van der Waals surface area contributed by atoms with Crippen LogP contribution in [0.3, 0.4) is 0 Å². The Morgan fingerprint density at radius 1 is 1.36 bits per heavy atom. The van der Waals surface area contributed by atoms with Gasteiger partial charge in [0, 0.05) is 11.8 Å². The third kappa shape index (κ3) is 4.20. The maximum atomic E-state index is 12.0. The van der Waals surface area contributed by atoms with Gasteiger partial charge >= 0.3 is 12.0 Å². The molecule has 22 heavy (non-hydrogen) atoms. The molecule has 2 N–H and O–H groups in total. The first kappa shape index (κ1) is 16.3. The summed E-state index contributed by atoms with van der Waals surface area (Å²) in [5.41, 5.74) is 0.551. The number of anilines is 1. The van der Waals surface area contributed by atoms with E-state index in [0.29, 0.717) is 23.6 Å². The Bertz CT molecular complexity index is 552. The fourth-order valence-electron chi connectivity index (χ4n) is 1.93. The monoisotopic (exact) mass is 326 g/mol. The van der Waals surface area contributed by atoms with Crippen molar-refractivity contribution >= 4 is 29.4 Å². The second kappa shape index (κ2) is 7.79. The lowest BCUT2D eigenvalue weighted by molar-refractivity contribution is -0.142. The Hall–Kier alpha value is -2.09. The summed E-state index contributed by atoms with van der Waals surface area (Å²) in [6.45, 7) is 0.171. The number of nitrogens with one attached hydrogen (secondary N) is 2. The molecule has 0 bridgehead atoms. The summed E-state index contributed by atoms with van der Waals surface area (Å²) in [6.07, 6.45) is 2.43. The van der Waals surface area contributed by atoms with E-state index in [0.717, 1.165) is 5.75 Å². The molecule has 1 unspecified atom stereocenters. The molecule has 2 amide bonds. The van der Waals surface area contributed by atoms with Crippen LogP contribution in [0, 0.1) is 0 Å². The Morgan fingerprint density at radius 3 is 2.86 bits per heavy atom. The van der Waals surface area contributed by atoms with Gasteiger partial charge in [-0.25, -0.2) is 9.59 Å². The fourth-order valence-corrected chi connectivity index (χ4v) is 2.40. The van der Waals surface area contributed by atoms with Gasteiger partial charge in [0.15, 0.2) is 11.5 Å². The van der Waals surface area contributed by atoms with Crippen LogP contribution in [0.5, 0.6) is 11.5 Å². The molecule has 0 spiro atoms. The Morgan fingerprint density at radius 2 is 2.14 bits per heavy atom. The number of hydrogen-bond donors (Lipinski definition) is 2. The molecule has 1 atom stereocenters. The topological polar surface area (TPSA) is 85.9 Å². The van der Waals surface area contributed by atoms with Crippen LogP contribution < -0.4 is 20.1 Å². The third-order valence-electron chi connectivity index (χ3n) is 3.03. The summed E-state index contributed by atoms with van der Waals surface area (Å²) in [6, 6.07) is 3.92. The summed E-state index contributed by atoms with van der Waals surface area (Å²) < 4.78 is 15.1. The van der Waals surface area contributed by atoms with E-state index in [4.69, 9.17) is 14.2 Å². The standard InChI is InChI=1S/C14H18N2O5S/c1-19-13(17)10(5-6-22-2)16-14(18)15-9-3-4-11-12(7-9)21-8-20-11/h3-4,7,10H,5-6,8H2,1-2H3,(H2,15,16,18). The van der Waals surface area contributed by atoms with Crippen molar-refractivity contribution in [3.05, 3.63) is 18.2 Å². The molecule has 1 aromatic rings. The Kier molecular flexibility index (Phi) is 5.76. The van der Waals surface area contributed by atoms with E-state index in [-0.39, 0.29) is 6.79 Å². The second-order valence-corrected chi connectivity index (χ2v) is 5.51. The van der Waals surface area contributed by atoms with E-state index in [1.807, 2.05) is 6.26 Å². The van der Waals surface area contributed by atoms with Crippen molar-refractivity contribution < 1.29 is 23.8 Å². The van der Waals surface area contributed by atoms with E-state index in [1.165, 1.54) is 7.11 Å². The molecule has 1 aliphatic rings. The second-order valence-electron chi connectivity index (χ2n) is 4.52. The highest BCUT2D eigenvalue weighted by atomic mass is 32.2. The molecule has 8 heteroatoms. The number of hydrogen-bond acceptors (Lipinski definition) is 6. The number of benzene rings is 1. The zero-order chi connectivity index (χ0) is 15.9. The minimum Gasteiger partial charge on any atom is -0.467 e. The number of fused-ring (bicyclic) bond motifs is 1. The highest BCUT2D eigenvalue weighted by Gasteiger charge is 2.21. The number of amides is 2. The first-order chi connectivity index (χ1) is 10.6. The zero-order valence-corrected chi connectivity index (χ0v) is 13.2. The van der Waals surface area contributed by atoms with Crippen LogP contribution in [0.4, 0.5) is 10.5 Å². The van der Waals surface area contributed by atoms with Crippen molar-refractivity contribution in [1.82, 2.24) is 5.32 Å². The van der Waals surface area contributed by atoms with Gasteiger partial charge in [-0.2, -0.15) is 11.8 Å². The minimum atomic E-state index is -0.675. The van der Waals surface area contributed by atoms with Gasteiger partial charge in [0.2, 0.25) is 6.79 Å². The number of carbonyl (C=O) groups is 2. The molecular weight excluding hydrogens is 308 g/mol. The van der Waals surface area contributed by atoms with Crippen LogP contribution in [0.25, 0.3) is 0 Å². The predicted octanol–water partition coefficient (Wildman–Crippen LogP) is 1.83. The van der Waals surface area contributed by atoms with E-state index in [9.17, 15) is 9.59 Å². The number of methoxy groups -OCH3 is 1. The molecule has 2 rings (SSSR count). The maximum absolute atomic E-state index is 12.0. The summed E-state index contributed by atoms with van der Waals surface area (Å²) in [5, 5.41) is 5.27. The molecule has 0 saturated heterocycles. The van der Waals surface area contributed by atoms with E-state index >= 15 is 0 Å². The molecule has 1 aromatic carbocycles. The molecular formula is C14H18N2O5S. The predicted molar refractivity (Wildman–Crippen MR) is 83.5 cm³/mol. The zero-order valence-electron chi connectivity index (χ0n) is 12.4. The van der Waals surface area contributed by atoms with Gasteiger partial charge < -0.3 is 24.8 Å². The minimum absolute atomic E-state index is 0.171. The van der Waals surface area contributed by atoms with Crippen LogP contribution in [0.1, 0.15) is 6.42 Å². The van der Waals surface area contributed by atoms with Gasteiger partial charge in [-0.05, 0) is 30.6 Å². The molecule has 0 fully saturated rings. The summed E-state index contributed by atoms with van der Waals surface area (Å²) >= 11 is 1.59. The van der Waals surface area contributed by atoms with Gasteiger partial charge in [-0.15, -0.1) is 0 Å². The largest absolute Gasteiger partial charge is 0.467 e. The molecule has 1 heterocycles. The van der Waals surface area contributed by atoms with Crippen LogP contribution in [0.2, 0.25) is 0 Å². The lowest BCUT2D eigenvalue weighted by Crippen LogP contribution is -2.44. The number of rotatable bonds is 6. The van der Waals surface area contributed by atoms with Crippen molar-refractivity contribution in [2.75, 3.05) is 31.2 Å². The van der Waals surface area contributed by atoms with Crippen molar-refractivity contribution in [1.29, 1.82) is 0 Å². The molecule has 120 valence electrons. The number of ether oxygens (including phenoxy) is 3. The van der Waals surface area contributed by atoms with Crippen molar-refractivity contribution in [2.24, 2.45) is 0 Å². The molecule has 0 aromatic heterocycles. The third-order valence-corrected chi connectivity index (χ3v) is 3.68. The van der Waals surface area contributed by atoms with E-state index in [1.54, 1.807) is 30.0 Å². The Labute approximate surface area is 132 Å².